The minimum Gasteiger partial charge on any atom is -0.480 e. The van der Waals surface area contributed by atoms with Gasteiger partial charge in [0.15, 0.2) is 0 Å². The van der Waals surface area contributed by atoms with Crippen molar-refractivity contribution in [2.24, 2.45) is 5.92 Å². The largest absolute Gasteiger partial charge is 0.480 e. The lowest BCUT2D eigenvalue weighted by atomic mass is 9.92. The van der Waals surface area contributed by atoms with Gasteiger partial charge in [0.2, 0.25) is 10.0 Å². The third-order valence-electron chi connectivity index (χ3n) is 4.02. The molecule has 0 bridgehead atoms. The summed E-state index contributed by atoms with van der Waals surface area (Å²) in [5, 5.41) is 18.6. The van der Waals surface area contributed by atoms with Crippen molar-refractivity contribution in [3.8, 4) is 6.07 Å². The molecule has 0 spiro atoms. The molecule has 0 saturated carbocycles. The number of nitrogens with zero attached hydrogens (tertiary/aromatic N) is 2. The van der Waals surface area contributed by atoms with E-state index < -0.39 is 22.0 Å². The Morgan fingerprint density at radius 3 is 2.57 bits per heavy atom. The summed E-state index contributed by atoms with van der Waals surface area (Å²) < 4.78 is 31.6. The van der Waals surface area contributed by atoms with E-state index in [4.69, 9.17) is 10.00 Å². The van der Waals surface area contributed by atoms with E-state index >= 15 is 0 Å². The first-order valence-electron chi connectivity index (χ1n) is 7.17. The quantitative estimate of drug-likeness (QED) is 0.860. The van der Waals surface area contributed by atoms with Gasteiger partial charge in [0.1, 0.15) is 12.1 Å². The maximum Gasteiger partial charge on any atom is 0.322 e. The van der Waals surface area contributed by atoms with Crippen molar-refractivity contribution in [3.63, 3.8) is 0 Å². The lowest BCUT2D eigenvalue weighted by Gasteiger charge is -2.33. The molecule has 2 rings (SSSR count). The van der Waals surface area contributed by atoms with Crippen LogP contribution in [0.25, 0.3) is 0 Å². The second kappa shape index (κ2) is 7.08. The van der Waals surface area contributed by atoms with E-state index in [2.05, 4.69) is 0 Å². The molecule has 1 aromatic rings. The highest BCUT2D eigenvalue weighted by molar-refractivity contribution is 7.89. The molecule has 8 heteroatoms. The number of hydrogen-bond donors (Lipinski definition) is 1. The summed E-state index contributed by atoms with van der Waals surface area (Å²) >= 11 is 0. The monoisotopic (exact) mass is 338 g/mol. The van der Waals surface area contributed by atoms with Crippen LogP contribution in [0.15, 0.2) is 29.2 Å². The van der Waals surface area contributed by atoms with Gasteiger partial charge in [-0.15, -0.1) is 0 Å². The molecule has 23 heavy (non-hydrogen) atoms. The fraction of sp³-hybridized carbons (Fsp3) is 0.467. The summed E-state index contributed by atoms with van der Waals surface area (Å²) in [6.07, 6.45) is 0.966. The van der Waals surface area contributed by atoms with Crippen LogP contribution < -0.4 is 0 Å². The van der Waals surface area contributed by atoms with E-state index in [0.717, 1.165) is 4.31 Å². The molecule has 7 nitrogen and oxygen atoms in total. The molecular formula is C15H18N2O5S. The van der Waals surface area contributed by atoms with Crippen molar-refractivity contribution in [2.75, 3.05) is 20.3 Å². The first-order valence-corrected chi connectivity index (χ1v) is 8.61. The van der Waals surface area contributed by atoms with Crippen molar-refractivity contribution in [1.29, 1.82) is 5.26 Å². The van der Waals surface area contributed by atoms with Gasteiger partial charge in [-0.2, -0.15) is 9.57 Å². The van der Waals surface area contributed by atoms with Gasteiger partial charge in [0.05, 0.1) is 10.5 Å². The van der Waals surface area contributed by atoms with Crippen LogP contribution in [0.4, 0.5) is 0 Å². The number of ether oxygens (including phenoxy) is 1. The summed E-state index contributed by atoms with van der Waals surface area (Å²) in [4.78, 5) is 11.5. The Hall–Kier alpha value is -1.95. The maximum absolute atomic E-state index is 12.8. The van der Waals surface area contributed by atoms with Gasteiger partial charge in [-0.3, -0.25) is 4.79 Å². The van der Waals surface area contributed by atoms with E-state index in [1.54, 1.807) is 6.07 Å². The number of benzene rings is 1. The summed E-state index contributed by atoms with van der Waals surface area (Å²) in [5.41, 5.74) is -0.00420. The number of hydrogen-bond acceptors (Lipinski definition) is 5. The fourth-order valence-corrected chi connectivity index (χ4v) is 4.29. The van der Waals surface area contributed by atoms with Crippen LogP contribution >= 0.6 is 0 Å². The molecule has 0 radical (unpaired) electrons. The van der Waals surface area contributed by atoms with Crippen molar-refractivity contribution in [1.82, 2.24) is 4.31 Å². The molecule has 1 unspecified atom stereocenters. The third kappa shape index (κ3) is 3.52. The average Bonchev–Trinajstić information content (AvgIpc) is 2.55. The van der Waals surface area contributed by atoms with Crippen molar-refractivity contribution in [3.05, 3.63) is 29.8 Å². The first-order chi connectivity index (χ1) is 10.9. The highest BCUT2D eigenvalue weighted by Crippen LogP contribution is 2.27. The zero-order chi connectivity index (χ0) is 17.0. The number of carbonyl (C=O) groups is 1. The van der Waals surface area contributed by atoms with Crippen LogP contribution in [0, 0.1) is 17.2 Å². The van der Waals surface area contributed by atoms with Gasteiger partial charge >= 0.3 is 5.97 Å². The molecule has 0 aliphatic carbocycles. The lowest BCUT2D eigenvalue weighted by molar-refractivity contribution is -0.144. The molecule has 1 atom stereocenters. The fourth-order valence-electron chi connectivity index (χ4n) is 2.77. The Labute approximate surface area is 135 Å². The van der Waals surface area contributed by atoms with Crippen molar-refractivity contribution >= 4 is 16.0 Å². The second-order valence-electron chi connectivity index (χ2n) is 5.36. The topological polar surface area (TPSA) is 108 Å². The predicted molar refractivity (Wildman–Crippen MR) is 81.1 cm³/mol. The first kappa shape index (κ1) is 17.4. The minimum atomic E-state index is -4.09. The average molecular weight is 338 g/mol. The Bertz CT molecular complexity index is 720. The van der Waals surface area contributed by atoms with E-state index in [-0.39, 0.29) is 16.4 Å². The van der Waals surface area contributed by atoms with Gasteiger partial charge < -0.3 is 9.84 Å². The molecule has 0 aromatic heterocycles. The standard InChI is InChI=1S/C15H18N2O5S/c1-17(14(15(18)19)11-6-8-22-9-7-11)23(20,21)13-5-3-2-4-12(13)10-16/h2-5,11,14H,6-9H2,1H3,(H,18,19). The van der Waals surface area contributed by atoms with Crippen LogP contribution in [0.2, 0.25) is 0 Å². The molecule has 0 amide bonds. The predicted octanol–water partition coefficient (Wildman–Crippen LogP) is 1.06. The summed E-state index contributed by atoms with van der Waals surface area (Å²) in [5.74, 6) is -1.52. The van der Waals surface area contributed by atoms with Crippen LogP contribution in [-0.4, -0.2) is 50.1 Å². The summed E-state index contributed by atoms with van der Waals surface area (Å²) in [6.45, 7) is 0.828. The molecule has 1 saturated heterocycles. The number of nitriles is 1. The van der Waals surface area contributed by atoms with Crippen LogP contribution in [0.3, 0.4) is 0 Å². The van der Waals surface area contributed by atoms with Gasteiger partial charge in [-0.25, -0.2) is 8.42 Å². The van der Waals surface area contributed by atoms with Gasteiger partial charge in [-0.05, 0) is 30.9 Å². The molecule has 1 heterocycles. The molecule has 1 N–H and O–H groups in total. The van der Waals surface area contributed by atoms with Crippen LogP contribution in [0.5, 0.6) is 0 Å². The van der Waals surface area contributed by atoms with Crippen LogP contribution in [0.1, 0.15) is 18.4 Å². The van der Waals surface area contributed by atoms with E-state index in [1.807, 2.05) is 6.07 Å². The molecule has 124 valence electrons. The summed E-state index contributed by atoms with van der Waals surface area (Å²) in [6, 6.07) is 6.42. The minimum absolute atomic E-state index is 0.00420. The molecule has 1 aliphatic heterocycles. The Morgan fingerprint density at radius 1 is 1.39 bits per heavy atom. The maximum atomic E-state index is 12.8. The van der Waals surface area contributed by atoms with Crippen molar-refractivity contribution < 1.29 is 23.1 Å². The zero-order valence-electron chi connectivity index (χ0n) is 12.7. The van der Waals surface area contributed by atoms with Crippen LogP contribution in [-0.2, 0) is 19.6 Å². The molecule has 1 aromatic carbocycles. The number of likely N-dealkylation sites (N-methyl/N-ethyl adjacent to an activating group) is 1. The van der Waals surface area contributed by atoms with Gasteiger partial charge in [0, 0.05) is 20.3 Å². The molecule has 1 fully saturated rings. The number of carboxylic acid groups (broad SMARTS) is 1. The lowest BCUT2D eigenvalue weighted by Crippen LogP contribution is -2.48. The van der Waals surface area contributed by atoms with E-state index in [0.29, 0.717) is 26.1 Å². The highest BCUT2D eigenvalue weighted by atomic mass is 32.2. The summed E-state index contributed by atoms with van der Waals surface area (Å²) in [7, 11) is -2.84. The Morgan fingerprint density at radius 2 is 2.00 bits per heavy atom. The molecular weight excluding hydrogens is 320 g/mol. The SMILES string of the molecule is CN(C(C(=O)O)C1CCOCC1)S(=O)(=O)c1ccccc1C#N. The van der Waals surface area contributed by atoms with Gasteiger partial charge in [0.25, 0.3) is 0 Å². The van der Waals surface area contributed by atoms with E-state index in [1.165, 1.54) is 25.2 Å². The normalized spacial score (nSPS) is 17.6. The van der Waals surface area contributed by atoms with E-state index in [9.17, 15) is 18.3 Å². The third-order valence-corrected chi connectivity index (χ3v) is 5.92. The molecule has 1 aliphatic rings. The zero-order valence-corrected chi connectivity index (χ0v) is 13.5. The second-order valence-corrected chi connectivity index (χ2v) is 7.33. The Kier molecular flexibility index (Phi) is 5.36. The highest BCUT2D eigenvalue weighted by Gasteiger charge is 2.39. The number of sulfonamides is 1. The number of aliphatic carboxylic acids is 1. The van der Waals surface area contributed by atoms with Gasteiger partial charge in [-0.1, -0.05) is 12.1 Å². The Balaban J connectivity index is 2.40. The smallest absolute Gasteiger partial charge is 0.322 e. The number of carboxylic acids is 1. The van der Waals surface area contributed by atoms with Crippen molar-refractivity contribution in [2.45, 2.75) is 23.8 Å². The number of rotatable bonds is 5.